The molecule has 0 heterocycles. The summed E-state index contributed by atoms with van der Waals surface area (Å²) in [6, 6.07) is 15.2. The summed E-state index contributed by atoms with van der Waals surface area (Å²) in [5, 5.41) is 5.91. The van der Waals surface area contributed by atoms with Crippen molar-refractivity contribution in [1.82, 2.24) is 0 Å². The highest BCUT2D eigenvalue weighted by Crippen LogP contribution is 2.17. The molecule has 0 aliphatic carbocycles. The van der Waals surface area contributed by atoms with Gasteiger partial charge in [-0.25, -0.2) is 0 Å². The van der Waals surface area contributed by atoms with E-state index in [0.29, 0.717) is 5.56 Å². The molecule has 3 heteroatoms. The first kappa shape index (κ1) is 12.2. The molecule has 0 aromatic heterocycles. The fraction of sp³-hybridized carbons (Fsp3) is 0.133. The van der Waals surface area contributed by atoms with Crippen LogP contribution in [0.25, 0.3) is 0 Å². The SMILES string of the molecule is CNc1ccccc1C(=O)Nc1cccc(C)c1. The zero-order valence-corrected chi connectivity index (χ0v) is 10.5. The quantitative estimate of drug-likeness (QED) is 0.864. The summed E-state index contributed by atoms with van der Waals surface area (Å²) in [6.45, 7) is 2.00. The molecule has 0 spiro atoms. The van der Waals surface area contributed by atoms with Crippen LogP contribution in [0, 0.1) is 6.92 Å². The van der Waals surface area contributed by atoms with Crippen molar-refractivity contribution in [2.45, 2.75) is 6.92 Å². The molecule has 0 aliphatic rings. The lowest BCUT2D eigenvalue weighted by molar-refractivity contribution is 0.102. The Labute approximate surface area is 107 Å². The number of nitrogens with one attached hydrogen (secondary N) is 2. The highest BCUT2D eigenvalue weighted by Gasteiger charge is 2.09. The Bertz CT molecular complexity index is 564. The van der Waals surface area contributed by atoms with Gasteiger partial charge in [0.05, 0.1) is 5.56 Å². The van der Waals surface area contributed by atoms with Crippen molar-refractivity contribution < 1.29 is 4.79 Å². The zero-order chi connectivity index (χ0) is 13.0. The van der Waals surface area contributed by atoms with Gasteiger partial charge >= 0.3 is 0 Å². The van der Waals surface area contributed by atoms with E-state index in [1.165, 1.54) is 0 Å². The second-order valence-electron chi connectivity index (χ2n) is 4.12. The van der Waals surface area contributed by atoms with Gasteiger partial charge in [0.2, 0.25) is 0 Å². The molecule has 0 atom stereocenters. The summed E-state index contributed by atoms with van der Waals surface area (Å²) >= 11 is 0. The fourth-order valence-corrected chi connectivity index (χ4v) is 1.82. The normalized spacial score (nSPS) is 9.89. The van der Waals surface area contributed by atoms with Crippen molar-refractivity contribution in [3.05, 3.63) is 59.7 Å². The summed E-state index contributed by atoms with van der Waals surface area (Å²) in [6.07, 6.45) is 0. The first-order valence-electron chi connectivity index (χ1n) is 5.85. The van der Waals surface area contributed by atoms with Crippen LogP contribution >= 0.6 is 0 Å². The second kappa shape index (κ2) is 5.36. The summed E-state index contributed by atoms with van der Waals surface area (Å²) in [5.74, 6) is -0.106. The van der Waals surface area contributed by atoms with Crippen molar-refractivity contribution in [2.24, 2.45) is 0 Å². The molecule has 0 saturated carbocycles. The third kappa shape index (κ3) is 2.69. The summed E-state index contributed by atoms with van der Waals surface area (Å²) < 4.78 is 0. The van der Waals surface area contributed by atoms with Gasteiger partial charge in [-0.2, -0.15) is 0 Å². The number of aryl methyl sites for hydroxylation is 1. The van der Waals surface area contributed by atoms with E-state index in [2.05, 4.69) is 10.6 Å². The Balaban J connectivity index is 2.22. The lowest BCUT2D eigenvalue weighted by Gasteiger charge is -2.09. The van der Waals surface area contributed by atoms with Crippen LogP contribution in [0.1, 0.15) is 15.9 Å². The lowest BCUT2D eigenvalue weighted by atomic mass is 10.1. The Morgan fingerprint density at radius 1 is 1.06 bits per heavy atom. The molecule has 0 fully saturated rings. The van der Waals surface area contributed by atoms with Crippen molar-refractivity contribution >= 4 is 17.3 Å². The molecule has 0 bridgehead atoms. The first-order chi connectivity index (χ1) is 8.70. The van der Waals surface area contributed by atoms with Crippen LogP contribution < -0.4 is 10.6 Å². The van der Waals surface area contributed by atoms with Gasteiger partial charge in [-0.15, -0.1) is 0 Å². The summed E-state index contributed by atoms with van der Waals surface area (Å²) in [4.78, 5) is 12.2. The number of para-hydroxylation sites is 1. The molecule has 0 unspecified atom stereocenters. The van der Waals surface area contributed by atoms with Crippen LogP contribution in [0.4, 0.5) is 11.4 Å². The van der Waals surface area contributed by atoms with Gasteiger partial charge in [0.25, 0.3) is 5.91 Å². The monoisotopic (exact) mass is 240 g/mol. The fourth-order valence-electron chi connectivity index (χ4n) is 1.82. The predicted octanol–water partition coefficient (Wildman–Crippen LogP) is 3.29. The molecule has 2 N–H and O–H groups in total. The summed E-state index contributed by atoms with van der Waals surface area (Å²) in [7, 11) is 1.80. The molecular weight excluding hydrogens is 224 g/mol. The van der Waals surface area contributed by atoms with Crippen LogP contribution in [0.15, 0.2) is 48.5 Å². The van der Waals surface area contributed by atoms with E-state index in [1.807, 2.05) is 49.4 Å². The minimum atomic E-state index is -0.106. The van der Waals surface area contributed by atoms with E-state index >= 15 is 0 Å². The van der Waals surface area contributed by atoms with Crippen molar-refractivity contribution in [3.8, 4) is 0 Å². The lowest BCUT2D eigenvalue weighted by Crippen LogP contribution is -2.13. The topological polar surface area (TPSA) is 41.1 Å². The van der Waals surface area contributed by atoms with Gasteiger partial charge in [0.15, 0.2) is 0 Å². The Kier molecular flexibility index (Phi) is 3.63. The molecule has 0 aliphatic heterocycles. The van der Waals surface area contributed by atoms with E-state index in [4.69, 9.17) is 0 Å². The highest BCUT2D eigenvalue weighted by molar-refractivity contribution is 6.08. The van der Waals surface area contributed by atoms with Crippen LogP contribution in [0.2, 0.25) is 0 Å². The van der Waals surface area contributed by atoms with E-state index in [0.717, 1.165) is 16.9 Å². The average Bonchev–Trinajstić information content (AvgIpc) is 2.38. The maximum atomic E-state index is 12.2. The first-order valence-corrected chi connectivity index (χ1v) is 5.85. The van der Waals surface area contributed by atoms with Gasteiger partial charge in [-0.3, -0.25) is 4.79 Å². The number of hydrogen-bond donors (Lipinski definition) is 2. The average molecular weight is 240 g/mol. The van der Waals surface area contributed by atoms with Gasteiger partial charge in [-0.1, -0.05) is 24.3 Å². The Hall–Kier alpha value is -2.29. The number of rotatable bonds is 3. The van der Waals surface area contributed by atoms with E-state index in [9.17, 15) is 4.79 Å². The van der Waals surface area contributed by atoms with Gasteiger partial charge in [0.1, 0.15) is 0 Å². The standard InChI is InChI=1S/C15H16N2O/c1-11-6-5-7-12(10-11)17-15(18)13-8-3-4-9-14(13)16-2/h3-10,16H,1-2H3,(H,17,18). The summed E-state index contributed by atoms with van der Waals surface area (Å²) in [5.41, 5.74) is 3.39. The smallest absolute Gasteiger partial charge is 0.257 e. The molecule has 3 nitrogen and oxygen atoms in total. The molecule has 0 radical (unpaired) electrons. The highest BCUT2D eigenvalue weighted by atomic mass is 16.1. The van der Waals surface area contributed by atoms with Gasteiger partial charge in [-0.05, 0) is 36.8 Å². The molecule has 0 saturated heterocycles. The maximum Gasteiger partial charge on any atom is 0.257 e. The van der Waals surface area contributed by atoms with Crippen LogP contribution in [0.5, 0.6) is 0 Å². The van der Waals surface area contributed by atoms with E-state index < -0.39 is 0 Å². The van der Waals surface area contributed by atoms with Gasteiger partial charge < -0.3 is 10.6 Å². The van der Waals surface area contributed by atoms with E-state index in [-0.39, 0.29) is 5.91 Å². The number of anilines is 2. The zero-order valence-electron chi connectivity index (χ0n) is 10.5. The molecule has 2 aromatic carbocycles. The van der Waals surface area contributed by atoms with Crippen LogP contribution in [0.3, 0.4) is 0 Å². The van der Waals surface area contributed by atoms with Crippen molar-refractivity contribution in [3.63, 3.8) is 0 Å². The Morgan fingerprint density at radius 2 is 1.83 bits per heavy atom. The number of hydrogen-bond acceptors (Lipinski definition) is 2. The van der Waals surface area contributed by atoms with Gasteiger partial charge in [0, 0.05) is 18.4 Å². The third-order valence-corrected chi connectivity index (χ3v) is 2.72. The maximum absolute atomic E-state index is 12.2. The largest absolute Gasteiger partial charge is 0.387 e. The third-order valence-electron chi connectivity index (χ3n) is 2.72. The Morgan fingerprint density at radius 3 is 2.56 bits per heavy atom. The number of carbonyl (C=O) groups excluding carboxylic acids is 1. The number of benzene rings is 2. The minimum absolute atomic E-state index is 0.106. The van der Waals surface area contributed by atoms with Crippen LogP contribution in [-0.4, -0.2) is 13.0 Å². The molecule has 1 amide bonds. The van der Waals surface area contributed by atoms with Crippen molar-refractivity contribution in [1.29, 1.82) is 0 Å². The number of amides is 1. The molecule has 2 rings (SSSR count). The number of carbonyl (C=O) groups is 1. The predicted molar refractivity (Wildman–Crippen MR) is 75.1 cm³/mol. The second-order valence-corrected chi connectivity index (χ2v) is 4.12. The molecule has 2 aromatic rings. The molecule has 18 heavy (non-hydrogen) atoms. The van der Waals surface area contributed by atoms with E-state index in [1.54, 1.807) is 13.1 Å². The van der Waals surface area contributed by atoms with Crippen LogP contribution in [-0.2, 0) is 0 Å². The van der Waals surface area contributed by atoms with Crippen molar-refractivity contribution in [2.75, 3.05) is 17.7 Å². The minimum Gasteiger partial charge on any atom is -0.387 e. The molecule has 92 valence electrons. The molecular formula is C15H16N2O.